The molecule has 2 saturated carbocycles. The number of carbonyl (C=O) groups excluding carboxylic acids is 1. The van der Waals surface area contributed by atoms with Crippen molar-refractivity contribution in [3.05, 3.63) is 0 Å². The first-order valence-electron chi connectivity index (χ1n) is 7.86. The molecule has 5 rings (SSSR count). The normalized spacial score (nSPS) is 68.3. The molecule has 2 aliphatic carbocycles. The van der Waals surface area contributed by atoms with Gasteiger partial charge in [0, 0.05) is 11.2 Å². The quantitative estimate of drug-likeness (QED) is 0.387. The van der Waals surface area contributed by atoms with Crippen molar-refractivity contribution in [1.82, 2.24) is 0 Å². The summed E-state index contributed by atoms with van der Waals surface area (Å²) in [5, 5.41) is 33.3. The lowest BCUT2D eigenvalue weighted by Gasteiger charge is -2.50. The third kappa shape index (κ3) is 1.13. The Bertz CT molecular complexity index is 629. The highest BCUT2D eigenvalue weighted by Gasteiger charge is 2.93. The highest BCUT2D eigenvalue weighted by molar-refractivity contribution is 9.09. The van der Waals surface area contributed by atoms with Crippen LogP contribution in [0, 0.1) is 17.3 Å². The summed E-state index contributed by atoms with van der Waals surface area (Å²) in [6, 6.07) is 0. The van der Waals surface area contributed by atoms with Gasteiger partial charge >= 0.3 is 5.97 Å². The molecule has 2 bridgehead atoms. The first-order valence-corrected chi connectivity index (χ1v) is 8.98. The van der Waals surface area contributed by atoms with E-state index in [2.05, 4.69) is 15.9 Å². The molecular formula is C15H19BrO7. The van der Waals surface area contributed by atoms with Gasteiger partial charge in [-0.15, -0.1) is 0 Å². The van der Waals surface area contributed by atoms with E-state index in [1.54, 1.807) is 6.92 Å². The van der Waals surface area contributed by atoms with Crippen molar-refractivity contribution >= 4 is 21.9 Å². The molecule has 23 heavy (non-hydrogen) atoms. The zero-order valence-corrected chi connectivity index (χ0v) is 14.3. The summed E-state index contributed by atoms with van der Waals surface area (Å²) in [6.45, 7) is 3.46. The zero-order chi connectivity index (χ0) is 16.6. The van der Waals surface area contributed by atoms with Gasteiger partial charge in [-0.25, -0.2) is 0 Å². The van der Waals surface area contributed by atoms with Crippen molar-refractivity contribution in [3.63, 3.8) is 0 Å². The number of aliphatic hydroxyl groups excluding tert-OH is 2. The van der Waals surface area contributed by atoms with E-state index in [0.29, 0.717) is 5.33 Å². The largest absolute Gasteiger partial charge is 0.456 e. The molecule has 8 heteroatoms. The second-order valence-electron chi connectivity index (χ2n) is 8.00. The zero-order valence-electron chi connectivity index (χ0n) is 12.7. The molecule has 5 aliphatic rings. The monoisotopic (exact) mass is 390 g/mol. The molecule has 1 unspecified atom stereocenters. The molecule has 0 aromatic heterocycles. The number of halogens is 1. The van der Waals surface area contributed by atoms with Crippen LogP contribution in [-0.2, 0) is 19.0 Å². The SMILES string of the molecule is CC1(CBr)O[C@]23[C@@H]4OC(=O)[C@H]2[C@H]1[C@@H](O)[C@H]1OC[C@@](O)([C@@H]4O)[C@]13C. The molecule has 0 radical (unpaired) electrons. The minimum atomic E-state index is -1.62. The van der Waals surface area contributed by atoms with Gasteiger partial charge in [-0.2, -0.15) is 0 Å². The van der Waals surface area contributed by atoms with Crippen molar-refractivity contribution in [2.24, 2.45) is 17.3 Å². The minimum absolute atomic E-state index is 0.115. The molecule has 3 saturated heterocycles. The van der Waals surface area contributed by atoms with Crippen LogP contribution in [0.4, 0.5) is 0 Å². The lowest BCUT2D eigenvalue weighted by molar-refractivity contribution is -0.201. The van der Waals surface area contributed by atoms with E-state index in [4.69, 9.17) is 14.2 Å². The van der Waals surface area contributed by atoms with E-state index < -0.39 is 64.4 Å². The van der Waals surface area contributed by atoms with Crippen LogP contribution in [0.15, 0.2) is 0 Å². The lowest BCUT2D eigenvalue weighted by atomic mass is 9.53. The van der Waals surface area contributed by atoms with E-state index in [-0.39, 0.29) is 6.61 Å². The molecule has 1 spiro atoms. The Balaban J connectivity index is 1.84. The second kappa shape index (κ2) is 3.78. The van der Waals surface area contributed by atoms with Gasteiger partial charge in [0.2, 0.25) is 0 Å². The topological polar surface area (TPSA) is 105 Å². The number of rotatable bonds is 1. The summed E-state index contributed by atoms with van der Waals surface area (Å²) in [6.07, 6.45) is -3.97. The average molecular weight is 391 g/mol. The van der Waals surface area contributed by atoms with Gasteiger partial charge in [-0.05, 0) is 6.92 Å². The number of aliphatic hydroxyl groups is 3. The maximum absolute atomic E-state index is 12.6. The minimum Gasteiger partial charge on any atom is -0.456 e. The molecule has 7 nitrogen and oxygen atoms in total. The van der Waals surface area contributed by atoms with Gasteiger partial charge in [0.25, 0.3) is 0 Å². The second-order valence-corrected chi connectivity index (χ2v) is 8.56. The summed E-state index contributed by atoms with van der Waals surface area (Å²) in [5.41, 5.74) is -4.75. The van der Waals surface area contributed by atoms with E-state index in [0.717, 1.165) is 0 Å². The standard InChI is InChI=1S/C15H19BrO7/c1-12(3-16)5-6-11(19)22-10-8(18)14(20)4-21-9(7(5)17)13(14,2)15(6,10)23-12/h5-10,17-18,20H,3-4H2,1-2H3/t5-,6+,7+,8+,9+,10+,12?,13-,14+,15-/m0/s1. The molecule has 128 valence electrons. The highest BCUT2D eigenvalue weighted by Crippen LogP contribution is 2.75. The van der Waals surface area contributed by atoms with Crippen LogP contribution in [0.25, 0.3) is 0 Å². The summed E-state index contributed by atoms with van der Waals surface area (Å²) in [5.74, 6) is -1.72. The lowest BCUT2D eigenvalue weighted by Crippen LogP contribution is -2.67. The van der Waals surface area contributed by atoms with Crippen LogP contribution in [0.1, 0.15) is 13.8 Å². The maximum Gasteiger partial charge on any atom is 0.313 e. The average Bonchev–Trinajstić information content (AvgIpc) is 3.07. The molecule has 0 aromatic carbocycles. The van der Waals surface area contributed by atoms with E-state index in [9.17, 15) is 20.1 Å². The molecule has 3 heterocycles. The van der Waals surface area contributed by atoms with E-state index in [1.165, 1.54) is 0 Å². The van der Waals surface area contributed by atoms with Gasteiger partial charge in [0.1, 0.15) is 17.3 Å². The number of alkyl halides is 1. The van der Waals surface area contributed by atoms with Crippen LogP contribution < -0.4 is 0 Å². The Kier molecular flexibility index (Phi) is 2.47. The molecule has 5 fully saturated rings. The molecule has 10 atom stereocenters. The fraction of sp³-hybridized carbons (Fsp3) is 0.933. The Labute approximate surface area is 141 Å². The van der Waals surface area contributed by atoms with Gasteiger partial charge in [-0.1, -0.05) is 22.9 Å². The number of carbonyl (C=O) groups is 1. The van der Waals surface area contributed by atoms with Crippen molar-refractivity contribution < 1.29 is 34.3 Å². The first-order chi connectivity index (χ1) is 10.7. The Hall–Kier alpha value is -0.250. The van der Waals surface area contributed by atoms with Crippen LogP contribution >= 0.6 is 15.9 Å². The van der Waals surface area contributed by atoms with E-state index in [1.807, 2.05) is 6.92 Å². The summed E-state index contributed by atoms with van der Waals surface area (Å²) in [7, 11) is 0. The van der Waals surface area contributed by atoms with Crippen molar-refractivity contribution in [2.45, 2.75) is 55.1 Å². The van der Waals surface area contributed by atoms with Gasteiger partial charge < -0.3 is 29.5 Å². The van der Waals surface area contributed by atoms with Gasteiger partial charge in [0.05, 0.1) is 35.7 Å². The van der Waals surface area contributed by atoms with Gasteiger partial charge in [-0.3, -0.25) is 4.79 Å². The third-order valence-electron chi connectivity index (χ3n) is 7.33. The Morgan fingerprint density at radius 1 is 1.30 bits per heavy atom. The molecule has 0 aromatic rings. The fourth-order valence-corrected chi connectivity index (χ4v) is 6.78. The molecule has 3 N–H and O–H groups in total. The first kappa shape index (κ1) is 15.0. The van der Waals surface area contributed by atoms with Crippen molar-refractivity contribution in [1.29, 1.82) is 0 Å². The predicted molar refractivity (Wildman–Crippen MR) is 77.7 cm³/mol. The molecule has 0 amide bonds. The number of ether oxygens (including phenoxy) is 3. The molecular weight excluding hydrogens is 372 g/mol. The summed E-state index contributed by atoms with van der Waals surface area (Å²) in [4.78, 5) is 12.6. The number of hydrogen-bond donors (Lipinski definition) is 3. The van der Waals surface area contributed by atoms with Crippen LogP contribution in [0.3, 0.4) is 0 Å². The van der Waals surface area contributed by atoms with Gasteiger partial charge in [0.15, 0.2) is 6.10 Å². The molecule has 3 aliphatic heterocycles. The van der Waals surface area contributed by atoms with Crippen molar-refractivity contribution in [3.8, 4) is 0 Å². The Morgan fingerprint density at radius 3 is 2.65 bits per heavy atom. The van der Waals surface area contributed by atoms with Crippen molar-refractivity contribution in [2.75, 3.05) is 11.9 Å². The maximum atomic E-state index is 12.6. The highest BCUT2D eigenvalue weighted by atomic mass is 79.9. The number of esters is 1. The van der Waals surface area contributed by atoms with Crippen LogP contribution in [0.5, 0.6) is 0 Å². The van der Waals surface area contributed by atoms with Crippen LogP contribution in [0.2, 0.25) is 0 Å². The third-order valence-corrected chi connectivity index (χ3v) is 8.44. The summed E-state index contributed by atoms with van der Waals surface area (Å²) < 4.78 is 17.6. The van der Waals surface area contributed by atoms with E-state index >= 15 is 0 Å². The summed E-state index contributed by atoms with van der Waals surface area (Å²) >= 11 is 3.43. The van der Waals surface area contributed by atoms with Crippen LogP contribution in [-0.4, -0.2) is 74.4 Å². The Morgan fingerprint density at radius 2 is 2.00 bits per heavy atom. The fourth-order valence-electron chi connectivity index (χ4n) is 6.29. The predicted octanol–water partition coefficient (Wildman–Crippen LogP) is -1.05. The number of hydrogen-bond acceptors (Lipinski definition) is 7. The smallest absolute Gasteiger partial charge is 0.313 e.